The molecule has 0 amide bonds. The van der Waals surface area contributed by atoms with Crippen LogP contribution in [0.4, 0.5) is 0 Å². The Morgan fingerprint density at radius 3 is 2.57 bits per heavy atom. The lowest BCUT2D eigenvalue weighted by Gasteiger charge is -2.18. The van der Waals surface area contributed by atoms with E-state index in [1.807, 2.05) is 20.0 Å². The summed E-state index contributed by atoms with van der Waals surface area (Å²) in [6.45, 7) is 8.78. The van der Waals surface area contributed by atoms with Crippen molar-refractivity contribution in [3.8, 4) is 16.9 Å². The van der Waals surface area contributed by atoms with Gasteiger partial charge in [-0.1, -0.05) is 5.16 Å². The summed E-state index contributed by atoms with van der Waals surface area (Å²) >= 11 is 0. The Labute approximate surface area is 164 Å². The zero-order valence-electron chi connectivity index (χ0n) is 17.2. The van der Waals surface area contributed by atoms with Crippen LogP contribution in [0.5, 0.6) is 5.75 Å². The van der Waals surface area contributed by atoms with E-state index in [9.17, 15) is 0 Å². The fourth-order valence-electron chi connectivity index (χ4n) is 4.18. The van der Waals surface area contributed by atoms with Gasteiger partial charge in [-0.15, -0.1) is 0 Å². The second-order valence-electron chi connectivity index (χ2n) is 7.29. The van der Waals surface area contributed by atoms with Gasteiger partial charge in [0, 0.05) is 35.3 Å². The molecule has 0 N–H and O–H groups in total. The third kappa shape index (κ3) is 2.76. The van der Waals surface area contributed by atoms with Crippen LogP contribution in [0.15, 0.2) is 28.9 Å². The standard InChI is InChI=1S/C22H25N3O3/c1-12-7-16-10-23-19-8-18(21-14(3)24-28-15(21)4)20(27-6)9-17(19)22(16)25(12)13(2)11-26-5/h7-10,13H,11H2,1-6H3/t13-/m1/s1. The molecule has 1 atom stereocenters. The van der Waals surface area contributed by atoms with Gasteiger partial charge >= 0.3 is 0 Å². The normalized spacial score (nSPS) is 12.8. The van der Waals surface area contributed by atoms with Crippen LogP contribution in [0.1, 0.15) is 30.1 Å². The largest absolute Gasteiger partial charge is 0.496 e. The average molecular weight is 379 g/mol. The van der Waals surface area contributed by atoms with Gasteiger partial charge in [0.2, 0.25) is 0 Å². The van der Waals surface area contributed by atoms with Gasteiger partial charge in [-0.25, -0.2) is 0 Å². The summed E-state index contributed by atoms with van der Waals surface area (Å²) in [6, 6.07) is 6.51. The molecule has 28 heavy (non-hydrogen) atoms. The topological polar surface area (TPSA) is 62.3 Å². The lowest BCUT2D eigenvalue weighted by atomic mass is 10.00. The van der Waals surface area contributed by atoms with Gasteiger partial charge < -0.3 is 18.6 Å². The van der Waals surface area contributed by atoms with Gasteiger partial charge in [0.15, 0.2) is 0 Å². The molecule has 0 radical (unpaired) electrons. The first-order valence-electron chi connectivity index (χ1n) is 9.36. The fraction of sp³-hybridized carbons (Fsp3) is 0.364. The number of aromatic nitrogens is 3. The highest BCUT2D eigenvalue weighted by Crippen LogP contribution is 2.39. The molecular formula is C22H25N3O3. The first-order chi connectivity index (χ1) is 13.5. The average Bonchev–Trinajstić information content (AvgIpc) is 3.19. The molecule has 0 aliphatic carbocycles. The van der Waals surface area contributed by atoms with E-state index < -0.39 is 0 Å². The summed E-state index contributed by atoms with van der Waals surface area (Å²) in [5.74, 6) is 1.55. The van der Waals surface area contributed by atoms with Gasteiger partial charge in [-0.3, -0.25) is 4.98 Å². The van der Waals surface area contributed by atoms with Crippen LogP contribution in [0.25, 0.3) is 32.9 Å². The molecule has 6 nitrogen and oxygen atoms in total. The van der Waals surface area contributed by atoms with Gasteiger partial charge in [0.1, 0.15) is 11.5 Å². The molecule has 0 fully saturated rings. The van der Waals surface area contributed by atoms with E-state index in [2.05, 4.69) is 41.8 Å². The van der Waals surface area contributed by atoms with Crippen LogP contribution in [0.3, 0.4) is 0 Å². The third-order valence-electron chi connectivity index (χ3n) is 5.33. The predicted octanol–water partition coefficient (Wildman–Crippen LogP) is 4.99. The number of hydrogen-bond acceptors (Lipinski definition) is 5. The van der Waals surface area contributed by atoms with Gasteiger partial charge in [0.05, 0.1) is 42.0 Å². The quantitative estimate of drug-likeness (QED) is 0.489. The number of aryl methyl sites for hydroxylation is 3. The summed E-state index contributed by atoms with van der Waals surface area (Å²) in [7, 11) is 3.42. The Morgan fingerprint density at radius 2 is 1.93 bits per heavy atom. The zero-order chi connectivity index (χ0) is 20.0. The number of methoxy groups -OCH3 is 2. The van der Waals surface area contributed by atoms with E-state index in [0.29, 0.717) is 6.61 Å². The van der Waals surface area contributed by atoms with Crippen LogP contribution in [0, 0.1) is 20.8 Å². The minimum absolute atomic E-state index is 0.210. The van der Waals surface area contributed by atoms with Crippen molar-refractivity contribution in [2.75, 3.05) is 20.8 Å². The Morgan fingerprint density at radius 1 is 1.14 bits per heavy atom. The number of rotatable bonds is 5. The van der Waals surface area contributed by atoms with Crippen molar-refractivity contribution in [1.29, 1.82) is 0 Å². The Kier molecular flexibility index (Phi) is 4.59. The molecule has 0 unspecified atom stereocenters. The number of hydrogen-bond donors (Lipinski definition) is 0. The molecule has 0 aliphatic heterocycles. The second-order valence-corrected chi connectivity index (χ2v) is 7.29. The third-order valence-corrected chi connectivity index (χ3v) is 5.33. The molecule has 4 aromatic rings. The molecule has 146 valence electrons. The summed E-state index contributed by atoms with van der Waals surface area (Å²) in [5, 5.41) is 6.26. The molecule has 1 aromatic carbocycles. The van der Waals surface area contributed by atoms with E-state index in [-0.39, 0.29) is 6.04 Å². The van der Waals surface area contributed by atoms with Crippen molar-refractivity contribution in [2.45, 2.75) is 33.7 Å². The van der Waals surface area contributed by atoms with E-state index >= 15 is 0 Å². The molecule has 0 saturated carbocycles. The van der Waals surface area contributed by atoms with Crippen molar-refractivity contribution in [3.63, 3.8) is 0 Å². The lowest BCUT2D eigenvalue weighted by Crippen LogP contribution is -2.12. The van der Waals surface area contributed by atoms with Crippen molar-refractivity contribution in [3.05, 3.63) is 41.5 Å². The highest BCUT2D eigenvalue weighted by Gasteiger charge is 2.20. The van der Waals surface area contributed by atoms with Crippen LogP contribution < -0.4 is 4.74 Å². The summed E-state index contributed by atoms with van der Waals surface area (Å²) in [4.78, 5) is 4.72. The molecule has 0 saturated heterocycles. The van der Waals surface area contributed by atoms with Crippen molar-refractivity contribution in [2.24, 2.45) is 0 Å². The highest BCUT2D eigenvalue weighted by molar-refractivity contribution is 6.06. The van der Waals surface area contributed by atoms with Crippen molar-refractivity contribution in [1.82, 2.24) is 14.7 Å². The number of ether oxygens (including phenoxy) is 2. The molecule has 0 bridgehead atoms. The monoisotopic (exact) mass is 379 g/mol. The predicted molar refractivity (Wildman–Crippen MR) is 110 cm³/mol. The summed E-state index contributed by atoms with van der Waals surface area (Å²) < 4.78 is 18.8. The number of fused-ring (bicyclic) bond motifs is 3. The van der Waals surface area contributed by atoms with E-state index in [4.69, 9.17) is 19.0 Å². The smallest absolute Gasteiger partial charge is 0.141 e. The molecule has 6 heteroatoms. The lowest BCUT2D eigenvalue weighted by molar-refractivity contribution is 0.163. The minimum atomic E-state index is 0.210. The number of benzene rings is 1. The molecule has 4 rings (SSSR count). The summed E-state index contributed by atoms with van der Waals surface area (Å²) in [5.41, 5.74) is 5.98. The SMILES string of the molecule is COC[C@@H](C)n1c(C)cc2cnc3cc(-c4c(C)noc4C)c(OC)cc3c21. The van der Waals surface area contributed by atoms with E-state index in [1.54, 1.807) is 14.2 Å². The van der Waals surface area contributed by atoms with E-state index in [0.717, 1.165) is 50.1 Å². The molecule has 3 heterocycles. The second kappa shape index (κ2) is 6.95. The van der Waals surface area contributed by atoms with Crippen LogP contribution in [-0.2, 0) is 4.74 Å². The Balaban J connectivity index is 2.05. The van der Waals surface area contributed by atoms with Gasteiger partial charge in [0.25, 0.3) is 0 Å². The van der Waals surface area contributed by atoms with Crippen molar-refractivity contribution < 1.29 is 14.0 Å². The van der Waals surface area contributed by atoms with Crippen molar-refractivity contribution >= 4 is 21.8 Å². The van der Waals surface area contributed by atoms with Crippen LogP contribution in [0.2, 0.25) is 0 Å². The molecule has 0 spiro atoms. The molecule has 3 aromatic heterocycles. The van der Waals surface area contributed by atoms with Crippen LogP contribution >= 0.6 is 0 Å². The fourth-order valence-corrected chi connectivity index (χ4v) is 4.18. The molecular weight excluding hydrogens is 354 g/mol. The van der Waals surface area contributed by atoms with Gasteiger partial charge in [-0.05, 0) is 45.9 Å². The maximum atomic E-state index is 5.76. The maximum absolute atomic E-state index is 5.76. The first-order valence-corrected chi connectivity index (χ1v) is 9.36. The Hall–Kier alpha value is -2.86. The highest BCUT2D eigenvalue weighted by atomic mass is 16.5. The number of pyridine rings is 1. The minimum Gasteiger partial charge on any atom is -0.496 e. The molecule has 0 aliphatic rings. The maximum Gasteiger partial charge on any atom is 0.141 e. The number of nitrogens with zero attached hydrogens (tertiary/aromatic N) is 3. The summed E-state index contributed by atoms with van der Waals surface area (Å²) in [6.07, 6.45) is 1.93. The Bertz CT molecular complexity index is 1150. The van der Waals surface area contributed by atoms with Crippen LogP contribution in [-0.4, -0.2) is 35.5 Å². The van der Waals surface area contributed by atoms with Gasteiger partial charge in [-0.2, -0.15) is 0 Å². The zero-order valence-corrected chi connectivity index (χ0v) is 17.2. The first kappa shape index (κ1) is 18.5. The van der Waals surface area contributed by atoms with E-state index in [1.165, 1.54) is 5.69 Å².